The smallest absolute Gasteiger partial charge is 0.317 e. The van der Waals surface area contributed by atoms with Gasteiger partial charge in [-0.15, -0.1) is 0 Å². The van der Waals surface area contributed by atoms with E-state index in [0.29, 0.717) is 6.04 Å². The first-order valence-electron chi connectivity index (χ1n) is 8.69. The van der Waals surface area contributed by atoms with Crippen molar-refractivity contribution < 1.29 is 4.79 Å². The number of nitrogens with one attached hydrogen (secondary N) is 1. The molecule has 1 N–H and O–H groups in total. The van der Waals surface area contributed by atoms with Crippen LogP contribution in [-0.2, 0) is 13.5 Å². The van der Waals surface area contributed by atoms with Gasteiger partial charge in [0.2, 0.25) is 0 Å². The molecule has 22 heavy (non-hydrogen) atoms. The second kappa shape index (κ2) is 5.28. The first-order chi connectivity index (χ1) is 10.6. The molecule has 3 aliphatic rings. The Balaban J connectivity index is 1.45. The molecule has 5 heteroatoms. The SMILES string of the molecule is CN(C(=O)NC1CCCc2c1cnn2C)C(C1CC1)C1CC1. The topological polar surface area (TPSA) is 50.2 Å². The average Bonchev–Trinajstić information content (AvgIpc) is 3.42. The molecule has 5 nitrogen and oxygen atoms in total. The molecule has 0 saturated heterocycles. The lowest BCUT2D eigenvalue weighted by Gasteiger charge is -2.31. The molecule has 2 amide bonds. The summed E-state index contributed by atoms with van der Waals surface area (Å²) in [5, 5.41) is 7.63. The monoisotopic (exact) mass is 302 g/mol. The van der Waals surface area contributed by atoms with Crippen LogP contribution in [0.25, 0.3) is 0 Å². The number of carbonyl (C=O) groups is 1. The summed E-state index contributed by atoms with van der Waals surface area (Å²) in [7, 11) is 3.98. The van der Waals surface area contributed by atoms with Crippen LogP contribution < -0.4 is 5.32 Å². The number of hydrogen-bond donors (Lipinski definition) is 1. The van der Waals surface area contributed by atoms with Crippen molar-refractivity contribution in [3.8, 4) is 0 Å². The molecule has 2 fully saturated rings. The minimum absolute atomic E-state index is 0.102. The number of fused-ring (bicyclic) bond motifs is 1. The standard InChI is InChI=1S/C17H26N4O/c1-20(16(11-6-7-11)12-8-9-12)17(22)19-14-4-3-5-15-13(14)10-18-21(15)2/h10-12,14,16H,3-9H2,1-2H3,(H,19,22). The van der Waals surface area contributed by atoms with E-state index < -0.39 is 0 Å². The molecule has 0 radical (unpaired) electrons. The third kappa shape index (κ3) is 2.50. The molecule has 0 aliphatic heterocycles. The third-order valence-corrected chi connectivity index (χ3v) is 5.65. The highest BCUT2D eigenvalue weighted by Crippen LogP contribution is 2.47. The Morgan fingerprint density at radius 3 is 2.64 bits per heavy atom. The van der Waals surface area contributed by atoms with Crippen LogP contribution in [0.4, 0.5) is 4.79 Å². The maximum atomic E-state index is 12.7. The van der Waals surface area contributed by atoms with E-state index in [9.17, 15) is 4.79 Å². The summed E-state index contributed by atoms with van der Waals surface area (Å²) in [6.07, 6.45) is 10.3. The quantitative estimate of drug-likeness (QED) is 0.929. The molecule has 2 saturated carbocycles. The highest BCUT2D eigenvalue weighted by atomic mass is 16.2. The van der Waals surface area contributed by atoms with Crippen LogP contribution >= 0.6 is 0 Å². The van der Waals surface area contributed by atoms with Crippen LogP contribution in [0.5, 0.6) is 0 Å². The van der Waals surface area contributed by atoms with Crippen molar-refractivity contribution in [2.45, 2.75) is 57.0 Å². The summed E-state index contributed by atoms with van der Waals surface area (Å²) in [5.41, 5.74) is 2.49. The maximum Gasteiger partial charge on any atom is 0.317 e. The predicted molar refractivity (Wildman–Crippen MR) is 84.4 cm³/mol. The van der Waals surface area contributed by atoms with Gasteiger partial charge in [-0.3, -0.25) is 4.68 Å². The Bertz CT molecular complexity index is 561. The van der Waals surface area contributed by atoms with E-state index in [2.05, 4.69) is 10.4 Å². The van der Waals surface area contributed by atoms with Crippen molar-refractivity contribution in [3.63, 3.8) is 0 Å². The highest BCUT2D eigenvalue weighted by Gasteiger charge is 2.45. The largest absolute Gasteiger partial charge is 0.331 e. The van der Waals surface area contributed by atoms with E-state index in [1.54, 1.807) is 0 Å². The summed E-state index contributed by atoms with van der Waals surface area (Å²) in [5.74, 6) is 1.51. The Morgan fingerprint density at radius 2 is 2.00 bits per heavy atom. The van der Waals surface area contributed by atoms with Gasteiger partial charge in [-0.1, -0.05) is 0 Å². The minimum atomic E-state index is 0.102. The van der Waals surface area contributed by atoms with Crippen molar-refractivity contribution in [2.75, 3.05) is 7.05 Å². The van der Waals surface area contributed by atoms with Crippen LogP contribution in [-0.4, -0.2) is 33.8 Å². The number of carbonyl (C=O) groups excluding carboxylic acids is 1. The molecule has 1 aromatic rings. The summed E-state index contributed by atoms with van der Waals surface area (Å²) >= 11 is 0. The lowest BCUT2D eigenvalue weighted by Crippen LogP contribution is -2.47. The van der Waals surface area contributed by atoms with E-state index in [-0.39, 0.29) is 12.1 Å². The predicted octanol–water partition coefficient (Wildman–Crippen LogP) is 2.63. The molecule has 4 rings (SSSR count). The van der Waals surface area contributed by atoms with Gasteiger partial charge in [-0.2, -0.15) is 5.10 Å². The third-order valence-electron chi connectivity index (χ3n) is 5.65. The maximum absolute atomic E-state index is 12.7. The van der Waals surface area contributed by atoms with E-state index >= 15 is 0 Å². The zero-order valence-electron chi connectivity index (χ0n) is 13.6. The van der Waals surface area contributed by atoms with Gasteiger partial charge >= 0.3 is 6.03 Å². The lowest BCUT2D eigenvalue weighted by molar-refractivity contribution is 0.169. The molecule has 1 unspecified atom stereocenters. The Hall–Kier alpha value is -1.52. The second-order valence-electron chi connectivity index (χ2n) is 7.34. The number of aromatic nitrogens is 2. The molecule has 120 valence electrons. The van der Waals surface area contributed by atoms with E-state index in [1.807, 2.05) is 29.9 Å². The fourth-order valence-corrected chi connectivity index (χ4v) is 4.14. The van der Waals surface area contributed by atoms with Gasteiger partial charge < -0.3 is 10.2 Å². The molecule has 3 aliphatic carbocycles. The second-order valence-corrected chi connectivity index (χ2v) is 7.34. The molecule has 0 spiro atoms. The molecule has 0 aromatic carbocycles. The Morgan fingerprint density at radius 1 is 1.32 bits per heavy atom. The molecular formula is C17H26N4O. The van der Waals surface area contributed by atoms with Crippen LogP contribution in [0.2, 0.25) is 0 Å². The minimum Gasteiger partial charge on any atom is -0.331 e. The zero-order valence-corrected chi connectivity index (χ0v) is 13.6. The van der Waals surface area contributed by atoms with Gasteiger partial charge in [0.15, 0.2) is 0 Å². The van der Waals surface area contributed by atoms with Gasteiger partial charge in [0.05, 0.1) is 12.2 Å². The molecule has 1 heterocycles. The molecule has 1 atom stereocenters. The van der Waals surface area contributed by atoms with Gasteiger partial charge in [-0.05, 0) is 56.8 Å². The highest BCUT2D eigenvalue weighted by molar-refractivity contribution is 5.75. The van der Waals surface area contributed by atoms with Gasteiger partial charge in [0.25, 0.3) is 0 Å². The summed E-state index contributed by atoms with van der Waals surface area (Å²) in [4.78, 5) is 14.7. The number of nitrogens with zero attached hydrogens (tertiary/aromatic N) is 3. The van der Waals surface area contributed by atoms with Crippen molar-refractivity contribution >= 4 is 6.03 Å². The molecular weight excluding hydrogens is 276 g/mol. The zero-order chi connectivity index (χ0) is 15.3. The van der Waals surface area contributed by atoms with Gasteiger partial charge in [0, 0.05) is 31.4 Å². The van der Waals surface area contributed by atoms with Crippen LogP contribution in [0.3, 0.4) is 0 Å². The summed E-state index contributed by atoms with van der Waals surface area (Å²) < 4.78 is 1.95. The normalized spacial score (nSPS) is 24.2. The first kappa shape index (κ1) is 14.1. The van der Waals surface area contributed by atoms with Crippen LogP contribution in [0.15, 0.2) is 6.20 Å². The van der Waals surface area contributed by atoms with E-state index in [1.165, 1.54) is 36.9 Å². The Kier molecular flexibility index (Phi) is 3.39. The average molecular weight is 302 g/mol. The number of rotatable bonds is 4. The van der Waals surface area contributed by atoms with E-state index in [0.717, 1.165) is 31.1 Å². The van der Waals surface area contributed by atoms with Crippen LogP contribution in [0, 0.1) is 11.8 Å². The van der Waals surface area contributed by atoms with Crippen LogP contribution in [0.1, 0.15) is 55.8 Å². The number of hydrogen-bond acceptors (Lipinski definition) is 2. The lowest BCUT2D eigenvalue weighted by atomic mass is 9.93. The fraction of sp³-hybridized carbons (Fsp3) is 0.765. The summed E-state index contributed by atoms with van der Waals surface area (Å²) in [6.45, 7) is 0. The van der Waals surface area contributed by atoms with Crippen molar-refractivity contribution in [1.82, 2.24) is 20.0 Å². The van der Waals surface area contributed by atoms with Crippen molar-refractivity contribution in [1.29, 1.82) is 0 Å². The van der Waals surface area contributed by atoms with Crippen molar-refractivity contribution in [2.24, 2.45) is 18.9 Å². The summed E-state index contributed by atoms with van der Waals surface area (Å²) in [6, 6.07) is 0.703. The number of amides is 2. The van der Waals surface area contributed by atoms with Gasteiger partial charge in [0.1, 0.15) is 0 Å². The van der Waals surface area contributed by atoms with Gasteiger partial charge in [-0.25, -0.2) is 4.79 Å². The fourth-order valence-electron chi connectivity index (χ4n) is 4.14. The van der Waals surface area contributed by atoms with Crippen molar-refractivity contribution in [3.05, 3.63) is 17.5 Å². The van der Waals surface area contributed by atoms with E-state index in [4.69, 9.17) is 0 Å². The molecule has 0 bridgehead atoms. The Labute approximate surface area is 132 Å². The first-order valence-corrected chi connectivity index (χ1v) is 8.69. The number of aryl methyl sites for hydroxylation is 1. The number of urea groups is 1. The molecule has 1 aromatic heterocycles.